The number of fused-ring (bicyclic) bond motifs is 2. The minimum atomic E-state index is -0.417. The first-order chi connectivity index (χ1) is 16.9. The molecule has 35 heavy (non-hydrogen) atoms. The molecular weight excluding hydrogens is 469 g/mol. The number of carbonyl (C=O) groups excluding carboxylic acids is 1. The van der Waals surface area contributed by atoms with Crippen molar-refractivity contribution in [3.8, 4) is 5.75 Å². The van der Waals surface area contributed by atoms with E-state index in [9.17, 15) is 9.18 Å². The molecule has 1 aromatic carbocycles. The molecule has 1 aromatic heterocycles. The Morgan fingerprint density at radius 3 is 2.51 bits per heavy atom. The van der Waals surface area contributed by atoms with Crippen molar-refractivity contribution in [1.82, 2.24) is 19.8 Å². The molecule has 1 amide bonds. The van der Waals surface area contributed by atoms with Crippen LogP contribution in [0.25, 0.3) is 5.57 Å². The van der Waals surface area contributed by atoms with Crippen molar-refractivity contribution in [2.24, 2.45) is 11.7 Å². The van der Waals surface area contributed by atoms with Crippen LogP contribution in [0.2, 0.25) is 5.02 Å². The second kappa shape index (κ2) is 9.06. The topological polar surface area (TPSA) is 84.6 Å². The summed E-state index contributed by atoms with van der Waals surface area (Å²) in [7, 11) is 0. The molecule has 3 atom stereocenters. The maximum atomic E-state index is 14.2. The summed E-state index contributed by atoms with van der Waals surface area (Å²) in [6.07, 6.45) is 9.93. The SMILES string of the molecule is NC1=C(c2ncc(Cl)cn2)CN(C(=O)c2ccc(F)cc2OC2C[C@H]3CC[C@@H](C2)N3CC2CC2)C1. The van der Waals surface area contributed by atoms with Gasteiger partial charge in [-0.1, -0.05) is 11.6 Å². The number of hydrogen-bond donors (Lipinski definition) is 1. The normalized spacial score (nSPS) is 26.5. The molecule has 9 heteroatoms. The van der Waals surface area contributed by atoms with E-state index in [1.165, 1.54) is 62.8 Å². The van der Waals surface area contributed by atoms with Crippen LogP contribution in [0.15, 0.2) is 36.3 Å². The van der Waals surface area contributed by atoms with Crippen LogP contribution in [-0.2, 0) is 0 Å². The molecule has 4 aliphatic rings. The van der Waals surface area contributed by atoms with Gasteiger partial charge in [-0.15, -0.1) is 0 Å². The molecule has 2 saturated heterocycles. The number of nitrogens with two attached hydrogens (primary N) is 1. The first-order valence-corrected chi connectivity index (χ1v) is 12.8. The Morgan fingerprint density at radius 2 is 1.83 bits per heavy atom. The molecule has 2 bridgehead atoms. The zero-order valence-electron chi connectivity index (χ0n) is 19.5. The molecule has 6 rings (SSSR count). The van der Waals surface area contributed by atoms with E-state index in [1.54, 1.807) is 4.90 Å². The van der Waals surface area contributed by atoms with Crippen LogP contribution in [-0.4, -0.2) is 63.5 Å². The highest BCUT2D eigenvalue weighted by Crippen LogP contribution is 2.41. The van der Waals surface area contributed by atoms with Crippen LogP contribution in [0.4, 0.5) is 4.39 Å². The fourth-order valence-corrected chi connectivity index (χ4v) is 5.91. The van der Waals surface area contributed by atoms with Gasteiger partial charge >= 0.3 is 0 Å². The summed E-state index contributed by atoms with van der Waals surface area (Å²) in [6, 6.07) is 5.20. The van der Waals surface area contributed by atoms with Gasteiger partial charge < -0.3 is 15.4 Å². The molecule has 184 valence electrons. The van der Waals surface area contributed by atoms with Crippen molar-refractivity contribution in [1.29, 1.82) is 0 Å². The Kier molecular flexibility index (Phi) is 5.89. The summed E-state index contributed by atoms with van der Waals surface area (Å²) in [5.41, 5.74) is 7.81. The van der Waals surface area contributed by atoms with Crippen LogP contribution in [0.3, 0.4) is 0 Å². The Labute approximate surface area is 209 Å². The predicted molar refractivity (Wildman–Crippen MR) is 130 cm³/mol. The van der Waals surface area contributed by atoms with E-state index < -0.39 is 5.82 Å². The number of halogens is 2. The average Bonchev–Trinajstić information content (AvgIpc) is 3.53. The Hall–Kier alpha value is -2.71. The highest BCUT2D eigenvalue weighted by Gasteiger charge is 2.43. The minimum absolute atomic E-state index is 0.0175. The lowest BCUT2D eigenvalue weighted by atomic mass is 9.99. The van der Waals surface area contributed by atoms with Gasteiger partial charge in [0.05, 0.1) is 23.7 Å². The summed E-state index contributed by atoms with van der Waals surface area (Å²) in [5.74, 6) is 0.963. The summed E-state index contributed by atoms with van der Waals surface area (Å²) in [4.78, 5) is 26.2. The monoisotopic (exact) mass is 497 g/mol. The van der Waals surface area contributed by atoms with Crippen LogP contribution < -0.4 is 10.5 Å². The van der Waals surface area contributed by atoms with Crippen molar-refractivity contribution in [3.05, 3.63) is 58.5 Å². The van der Waals surface area contributed by atoms with E-state index in [2.05, 4.69) is 14.9 Å². The summed E-state index contributed by atoms with van der Waals surface area (Å²) in [6.45, 7) is 1.72. The van der Waals surface area contributed by atoms with Gasteiger partial charge in [-0.2, -0.15) is 0 Å². The number of rotatable bonds is 6. The number of nitrogens with zero attached hydrogens (tertiary/aromatic N) is 4. The molecule has 0 spiro atoms. The van der Waals surface area contributed by atoms with Crippen molar-refractivity contribution < 1.29 is 13.9 Å². The molecular formula is C26H29ClFN5O2. The third kappa shape index (κ3) is 4.61. The lowest BCUT2D eigenvalue weighted by molar-refractivity contribution is 0.0454. The van der Waals surface area contributed by atoms with E-state index in [1.807, 2.05) is 0 Å². The number of amides is 1. The number of piperidine rings is 1. The standard InChI is InChI=1S/C26H29ClFN5O2/c27-16-10-30-25(31-11-16)22-13-32(14-23(22)29)26(34)21-6-3-17(28)7-24(21)35-20-8-18-4-5-19(9-20)33(18)12-15-1-2-15/h3,6-7,10-11,15,18-20H,1-2,4-5,8-9,12-14,29H2/t18-,19+,20?. The Balaban J connectivity index is 1.17. The molecule has 1 unspecified atom stereocenters. The fraction of sp³-hybridized carbons (Fsp3) is 0.500. The van der Waals surface area contributed by atoms with Gasteiger partial charge in [-0.3, -0.25) is 9.69 Å². The van der Waals surface area contributed by atoms with E-state index in [4.69, 9.17) is 22.1 Å². The number of benzene rings is 1. The number of carbonyl (C=O) groups is 1. The van der Waals surface area contributed by atoms with Crippen molar-refractivity contribution >= 4 is 23.1 Å². The van der Waals surface area contributed by atoms with E-state index in [-0.39, 0.29) is 25.1 Å². The molecule has 1 aliphatic carbocycles. The van der Waals surface area contributed by atoms with Gasteiger partial charge in [-0.25, -0.2) is 14.4 Å². The van der Waals surface area contributed by atoms with Gasteiger partial charge in [0.25, 0.3) is 5.91 Å². The van der Waals surface area contributed by atoms with Crippen LogP contribution in [0.5, 0.6) is 5.75 Å². The first-order valence-electron chi connectivity index (χ1n) is 12.4. The summed E-state index contributed by atoms with van der Waals surface area (Å²) >= 11 is 5.89. The molecule has 4 heterocycles. The Bertz CT molecular complexity index is 1150. The molecule has 3 aliphatic heterocycles. The predicted octanol–water partition coefficient (Wildman–Crippen LogP) is 3.88. The second-order valence-electron chi connectivity index (χ2n) is 10.3. The van der Waals surface area contributed by atoms with Gasteiger partial charge in [-0.05, 0) is 56.6 Å². The van der Waals surface area contributed by atoms with E-state index in [0.717, 1.165) is 18.8 Å². The van der Waals surface area contributed by atoms with Gasteiger partial charge in [0.1, 0.15) is 17.7 Å². The highest BCUT2D eigenvalue weighted by atomic mass is 35.5. The molecule has 0 radical (unpaired) electrons. The maximum absolute atomic E-state index is 14.2. The van der Waals surface area contributed by atoms with Crippen molar-refractivity contribution in [3.63, 3.8) is 0 Å². The quantitative estimate of drug-likeness (QED) is 0.652. The van der Waals surface area contributed by atoms with E-state index >= 15 is 0 Å². The molecule has 3 fully saturated rings. The van der Waals surface area contributed by atoms with Crippen molar-refractivity contribution in [2.75, 3.05) is 19.6 Å². The summed E-state index contributed by atoms with van der Waals surface area (Å²) < 4.78 is 20.6. The zero-order valence-corrected chi connectivity index (χ0v) is 20.3. The average molecular weight is 498 g/mol. The van der Waals surface area contributed by atoms with Crippen LogP contribution in [0.1, 0.15) is 54.7 Å². The maximum Gasteiger partial charge on any atom is 0.258 e. The van der Waals surface area contributed by atoms with E-state index in [0.29, 0.717) is 45.5 Å². The van der Waals surface area contributed by atoms with Crippen molar-refractivity contribution in [2.45, 2.75) is 56.7 Å². The van der Waals surface area contributed by atoms with Gasteiger partial charge in [0.2, 0.25) is 0 Å². The van der Waals surface area contributed by atoms with Gasteiger partial charge in [0, 0.05) is 48.4 Å². The molecule has 2 aromatic rings. The lowest BCUT2D eigenvalue weighted by Crippen LogP contribution is -2.47. The first kappa shape index (κ1) is 22.7. The van der Waals surface area contributed by atoms with Crippen LogP contribution in [0, 0.1) is 11.7 Å². The molecule has 2 N–H and O–H groups in total. The third-order valence-electron chi connectivity index (χ3n) is 7.75. The smallest absolute Gasteiger partial charge is 0.258 e. The number of hydrogen-bond acceptors (Lipinski definition) is 6. The lowest BCUT2D eigenvalue weighted by Gasteiger charge is -2.39. The molecule has 1 saturated carbocycles. The Morgan fingerprint density at radius 1 is 1.11 bits per heavy atom. The second-order valence-corrected chi connectivity index (χ2v) is 10.7. The highest BCUT2D eigenvalue weighted by molar-refractivity contribution is 6.30. The third-order valence-corrected chi connectivity index (χ3v) is 7.95. The molecule has 7 nitrogen and oxygen atoms in total. The number of ether oxygens (including phenoxy) is 1. The number of aromatic nitrogens is 2. The van der Waals surface area contributed by atoms with Gasteiger partial charge in [0.15, 0.2) is 5.82 Å². The van der Waals surface area contributed by atoms with Crippen LogP contribution >= 0.6 is 11.6 Å². The minimum Gasteiger partial charge on any atom is -0.489 e. The zero-order chi connectivity index (χ0) is 24.1. The fourth-order valence-electron chi connectivity index (χ4n) is 5.81. The summed E-state index contributed by atoms with van der Waals surface area (Å²) in [5, 5.41) is 0.429. The largest absolute Gasteiger partial charge is 0.489 e.